The normalized spacial score (nSPS) is 13.7. The van der Waals surface area contributed by atoms with Crippen molar-refractivity contribution in [1.29, 1.82) is 0 Å². The highest BCUT2D eigenvalue weighted by Gasteiger charge is 2.32. The zero-order chi connectivity index (χ0) is 14.3. The van der Waals surface area contributed by atoms with Crippen LogP contribution < -0.4 is 10.6 Å². The van der Waals surface area contributed by atoms with Crippen molar-refractivity contribution < 1.29 is 18.0 Å². The molecule has 0 bridgehead atoms. The van der Waals surface area contributed by atoms with Gasteiger partial charge in [0.15, 0.2) is 0 Å². The summed E-state index contributed by atoms with van der Waals surface area (Å²) in [6.07, 6.45) is -2.99. The van der Waals surface area contributed by atoms with Gasteiger partial charge in [-0.25, -0.2) is 4.98 Å². The fourth-order valence-electron chi connectivity index (χ4n) is 1.94. The molecule has 2 N–H and O–H groups in total. The Morgan fingerprint density at radius 2 is 1.85 bits per heavy atom. The van der Waals surface area contributed by atoms with Crippen molar-refractivity contribution in [3.05, 3.63) is 47.7 Å². The number of benzene rings is 1. The number of nitrogens with one attached hydrogen (secondary N) is 2. The van der Waals surface area contributed by atoms with Crippen molar-refractivity contribution >= 4 is 23.1 Å². The van der Waals surface area contributed by atoms with Crippen LogP contribution in [0.15, 0.2) is 36.5 Å². The van der Waals surface area contributed by atoms with Crippen LogP contribution in [0.25, 0.3) is 0 Å². The number of carbonyl (C=O) groups excluding carboxylic acids is 1. The second-order valence-corrected chi connectivity index (χ2v) is 4.24. The number of fused-ring (bicyclic) bond motifs is 2. The maximum atomic E-state index is 12.7. The Bertz CT molecular complexity index is 698. The summed E-state index contributed by atoms with van der Waals surface area (Å²) in [7, 11) is 0. The number of pyridine rings is 1. The molecule has 0 aliphatic carbocycles. The standard InChI is InChI=1S/C13H8F3N3O/c14-13(15,16)7-3-4-9-10(6-7)18-11-8(12(20)19-9)2-1-5-17-11/h1-6H,(H,17,18)(H,19,20). The zero-order valence-electron chi connectivity index (χ0n) is 9.95. The van der Waals surface area contributed by atoms with Gasteiger partial charge in [-0.3, -0.25) is 4.79 Å². The molecule has 4 nitrogen and oxygen atoms in total. The Labute approximate surface area is 111 Å². The van der Waals surface area contributed by atoms with E-state index in [0.717, 1.165) is 12.1 Å². The number of halogens is 3. The van der Waals surface area contributed by atoms with E-state index in [1.165, 1.54) is 12.3 Å². The minimum absolute atomic E-state index is 0.158. The van der Waals surface area contributed by atoms with Crippen LogP contribution in [-0.2, 0) is 6.18 Å². The predicted molar refractivity (Wildman–Crippen MR) is 66.9 cm³/mol. The van der Waals surface area contributed by atoms with Crippen molar-refractivity contribution in [2.75, 3.05) is 10.6 Å². The van der Waals surface area contributed by atoms with Crippen molar-refractivity contribution in [3.8, 4) is 0 Å². The van der Waals surface area contributed by atoms with Gasteiger partial charge in [-0.2, -0.15) is 13.2 Å². The lowest BCUT2D eigenvalue weighted by molar-refractivity contribution is -0.137. The smallest absolute Gasteiger partial charge is 0.338 e. The van der Waals surface area contributed by atoms with Crippen LogP contribution in [0.4, 0.5) is 30.4 Å². The Kier molecular flexibility index (Phi) is 2.63. The molecule has 1 aromatic carbocycles. The molecule has 102 valence electrons. The van der Waals surface area contributed by atoms with Gasteiger partial charge in [0, 0.05) is 6.20 Å². The zero-order valence-corrected chi connectivity index (χ0v) is 9.95. The van der Waals surface area contributed by atoms with Crippen LogP contribution in [-0.4, -0.2) is 10.9 Å². The second kappa shape index (κ2) is 4.22. The third-order valence-electron chi connectivity index (χ3n) is 2.90. The molecule has 2 heterocycles. The van der Waals surface area contributed by atoms with Crippen LogP contribution in [0.5, 0.6) is 0 Å². The molecule has 20 heavy (non-hydrogen) atoms. The first-order valence-corrected chi connectivity index (χ1v) is 5.70. The number of alkyl halides is 3. The predicted octanol–water partition coefficient (Wildman–Crippen LogP) is 3.41. The Morgan fingerprint density at radius 1 is 1.05 bits per heavy atom. The monoisotopic (exact) mass is 279 g/mol. The van der Waals surface area contributed by atoms with Gasteiger partial charge in [0.05, 0.1) is 22.5 Å². The molecule has 1 aliphatic heterocycles. The number of nitrogens with zero attached hydrogens (tertiary/aromatic N) is 1. The molecule has 0 radical (unpaired) electrons. The Morgan fingerprint density at radius 3 is 2.60 bits per heavy atom. The number of aromatic nitrogens is 1. The molecule has 0 saturated heterocycles. The highest BCUT2D eigenvalue weighted by Crippen LogP contribution is 2.36. The van der Waals surface area contributed by atoms with E-state index in [1.54, 1.807) is 12.1 Å². The lowest BCUT2D eigenvalue weighted by atomic mass is 10.1. The van der Waals surface area contributed by atoms with Gasteiger partial charge in [-0.1, -0.05) is 0 Å². The summed E-state index contributed by atoms with van der Waals surface area (Å²) in [5.41, 5.74) is -0.0822. The van der Waals surface area contributed by atoms with Crippen LogP contribution in [0.3, 0.4) is 0 Å². The van der Waals surface area contributed by atoms with Gasteiger partial charge in [0.2, 0.25) is 0 Å². The fourth-order valence-corrected chi connectivity index (χ4v) is 1.94. The lowest BCUT2D eigenvalue weighted by Gasteiger charge is -2.12. The van der Waals surface area contributed by atoms with Crippen molar-refractivity contribution in [3.63, 3.8) is 0 Å². The average molecular weight is 279 g/mol. The highest BCUT2D eigenvalue weighted by molar-refractivity contribution is 6.11. The lowest BCUT2D eigenvalue weighted by Crippen LogP contribution is -2.11. The van der Waals surface area contributed by atoms with E-state index in [9.17, 15) is 18.0 Å². The fraction of sp³-hybridized carbons (Fsp3) is 0.0769. The molecular formula is C13H8F3N3O. The number of amides is 1. The van der Waals surface area contributed by atoms with Crippen LogP contribution in [0.1, 0.15) is 15.9 Å². The third-order valence-corrected chi connectivity index (χ3v) is 2.90. The molecule has 3 rings (SSSR count). The van der Waals surface area contributed by atoms with Gasteiger partial charge in [-0.15, -0.1) is 0 Å². The second-order valence-electron chi connectivity index (χ2n) is 4.24. The molecule has 7 heteroatoms. The number of hydrogen-bond donors (Lipinski definition) is 2. The third kappa shape index (κ3) is 2.07. The molecule has 1 amide bonds. The molecule has 1 aliphatic rings. The van der Waals surface area contributed by atoms with Crippen LogP contribution in [0, 0.1) is 0 Å². The summed E-state index contributed by atoms with van der Waals surface area (Å²) in [6, 6.07) is 6.21. The van der Waals surface area contributed by atoms with Crippen molar-refractivity contribution in [2.45, 2.75) is 6.18 Å². The molecule has 1 aromatic heterocycles. The molecule has 0 saturated carbocycles. The quantitative estimate of drug-likeness (QED) is 0.777. The van der Waals surface area contributed by atoms with E-state index >= 15 is 0 Å². The van der Waals surface area contributed by atoms with E-state index < -0.39 is 17.6 Å². The molecule has 0 atom stereocenters. The molecular weight excluding hydrogens is 271 g/mol. The first kappa shape index (κ1) is 12.5. The molecule has 0 fully saturated rings. The van der Waals surface area contributed by atoms with Gasteiger partial charge in [0.25, 0.3) is 5.91 Å². The van der Waals surface area contributed by atoms with E-state index in [4.69, 9.17) is 0 Å². The summed E-state index contributed by atoms with van der Waals surface area (Å²) in [6.45, 7) is 0. The highest BCUT2D eigenvalue weighted by atomic mass is 19.4. The average Bonchev–Trinajstić information content (AvgIpc) is 2.53. The first-order chi connectivity index (χ1) is 9.45. The minimum atomic E-state index is -4.44. The number of carbonyl (C=O) groups is 1. The van der Waals surface area contributed by atoms with E-state index in [2.05, 4.69) is 15.6 Å². The van der Waals surface area contributed by atoms with Gasteiger partial charge < -0.3 is 10.6 Å². The van der Waals surface area contributed by atoms with E-state index in [0.29, 0.717) is 0 Å². The SMILES string of the molecule is O=C1Nc2ccc(C(F)(F)F)cc2Nc2ncccc21. The Hall–Kier alpha value is -2.57. The summed E-state index contributed by atoms with van der Waals surface area (Å²) in [4.78, 5) is 15.9. The Balaban J connectivity index is 2.12. The topological polar surface area (TPSA) is 54.0 Å². The summed E-state index contributed by atoms with van der Waals surface area (Å²) in [5.74, 6) is -0.192. The molecule has 0 spiro atoms. The largest absolute Gasteiger partial charge is 0.416 e. The van der Waals surface area contributed by atoms with Crippen LogP contribution in [0.2, 0.25) is 0 Å². The first-order valence-electron chi connectivity index (χ1n) is 5.70. The van der Waals surface area contributed by atoms with E-state index in [1.807, 2.05) is 0 Å². The van der Waals surface area contributed by atoms with Gasteiger partial charge in [0.1, 0.15) is 5.82 Å². The summed E-state index contributed by atoms with van der Waals surface area (Å²) >= 11 is 0. The number of hydrogen-bond acceptors (Lipinski definition) is 3. The maximum Gasteiger partial charge on any atom is 0.416 e. The van der Waals surface area contributed by atoms with Gasteiger partial charge >= 0.3 is 6.18 Å². The van der Waals surface area contributed by atoms with Gasteiger partial charge in [-0.05, 0) is 30.3 Å². The summed E-state index contributed by atoms with van der Waals surface area (Å²) < 4.78 is 38.1. The van der Waals surface area contributed by atoms with Crippen molar-refractivity contribution in [2.24, 2.45) is 0 Å². The summed E-state index contributed by atoms with van der Waals surface area (Å²) in [5, 5.41) is 5.30. The van der Waals surface area contributed by atoms with Crippen molar-refractivity contribution in [1.82, 2.24) is 4.98 Å². The number of anilines is 3. The molecule has 2 aromatic rings. The van der Waals surface area contributed by atoms with Crippen LogP contribution >= 0.6 is 0 Å². The molecule has 0 unspecified atom stereocenters. The maximum absolute atomic E-state index is 12.7. The number of rotatable bonds is 0. The van der Waals surface area contributed by atoms with E-state index in [-0.39, 0.29) is 22.8 Å². The minimum Gasteiger partial charge on any atom is -0.338 e.